The van der Waals surface area contributed by atoms with Crippen molar-refractivity contribution in [3.63, 3.8) is 0 Å². The number of likely N-dealkylation sites (tertiary alicyclic amines) is 1. The third-order valence-corrected chi connectivity index (χ3v) is 6.39. The Hall–Kier alpha value is -3.05. The van der Waals surface area contributed by atoms with Gasteiger partial charge in [0.1, 0.15) is 11.5 Å². The first-order valence-corrected chi connectivity index (χ1v) is 11.4. The molecule has 1 amide bonds. The Morgan fingerprint density at radius 2 is 1.75 bits per heavy atom. The highest BCUT2D eigenvalue weighted by Crippen LogP contribution is 2.30. The predicted octanol–water partition coefficient (Wildman–Crippen LogP) is 5.49. The van der Waals surface area contributed by atoms with Gasteiger partial charge in [0.05, 0.1) is 19.9 Å². The molecule has 168 valence electrons. The quantitative estimate of drug-likeness (QED) is 0.512. The van der Waals surface area contributed by atoms with Gasteiger partial charge < -0.3 is 14.8 Å². The van der Waals surface area contributed by atoms with Crippen LogP contribution in [0, 0.1) is 5.92 Å². The molecule has 1 aliphatic heterocycles. The molecule has 1 fully saturated rings. The molecule has 3 aromatic rings. The number of fused-ring (bicyclic) bond motifs is 1. The summed E-state index contributed by atoms with van der Waals surface area (Å²) < 4.78 is 10.6. The normalized spacial score (nSPS) is 14.9. The number of nitrogens with zero attached hydrogens (tertiary/aromatic N) is 1. The molecule has 4 rings (SSSR count). The van der Waals surface area contributed by atoms with Crippen molar-refractivity contribution >= 4 is 22.4 Å². The Balaban J connectivity index is 1.22. The summed E-state index contributed by atoms with van der Waals surface area (Å²) in [6.45, 7) is 3.17. The molecule has 0 radical (unpaired) electrons. The van der Waals surface area contributed by atoms with Crippen LogP contribution in [-0.4, -0.2) is 38.1 Å². The Morgan fingerprint density at radius 3 is 2.50 bits per heavy atom. The maximum absolute atomic E-state index is 12.5. The maximum Gasteiger partial charge on any atom is 0.224 e. The summed E-state index contributed by atoms with van der Waals surface area (Å²) in [6, 6.07) is 20.7. The van der Waals surface area contributed by atoms with Crippen molar-refractivity contribution < 1.29 is 14.3 Å². The zero-order valence-corrected chi connectivity index (χ0v) is 19.0. The number of hydrogen-bond donors (Lipinski definition) is 1. The Morgan fingerprint density at radius 1 is 0.969 bits per heavy atom. The van der Waals surface area contributed by atoms with Gasteiger partial charge in [0.15, 0.2) is 0 Å². The van der Waals surface area contributed by atoms with E-state index >= 15 is 0 Å². The number of anilines is 1. The van der Waals surface area contributed by atoms with Crippen LogP contribution in [0.2, 0.25) is 0 Å². The Kier molecular flexibility index (Phi) is 7.28. The number of piperidine rings is 1. The average molecular weight is 433 g/mol. The first kappa shape index (κ1) is 22.2. The highest BCUT2D eigenvalue weighted by atomic mass is 16.5. The highest BCUT2D eigenvalue weighted by Gasteiger charge is 2.20. The highest BCUT2D eigenvalue weighted by molar-refractivity contribution is 5.92. The van der Waals surface area contributed by atoms with E-state index in [0.717, 1.165) is 38.9 Å². The van der Waals surface area contributed by atoms with Crippen molar-refractivity contribution in [2.24, 2.45) is 5.92 Å². The van der Waals surface area contributed by atoms with E-state index in [0.29, 0.717) is 29.5 Å². The molecule has 0 aliphatic carbocycles. The lowest BCUT2D eigenvalue weighted by Gasteiger charge is -2.32. The number of carbonyl (C=O) groups is 1. The second-order valence-electron chi connectivity index (χ2n) is 8.55. The maximum atomic E-state index is 12.5. The van der Waals surface area contributed by atoms with Gasteiger partial charge in [-0.15, -0.1) is 0 Å². The Bertz CT molecular complexity index is 1060. The van der Waals surface area contributed by atoms with Crippen LogP contribution in [-0.2, 0) is 11.3 Å². The van der Waals surface area contributed by atoms with E-state index in [2.05, 4.69) is 52.7 Å². The van der Waals surface area contributed by atoms with Crippen molar-refractivity contribution in [1.29, 1.82) is 0 Å². The summed E-state index contributed by atoms with van der Waals surface area (Å²) in [5, 5.41) is 5.58. The molecule has 0 saturated carbocycles. The fraction of sp³-hybridized carbons (Fsp3) is 0.370. The molecule has 3 aromatic carbocycles. The van der Waals surface area contributed by atoms with E-state index in [-0.39, 0.29) is 5.91 Å². The fourth-order valence-corrected chi connectivity index (χ4v) is 4.48. The molecule has 1 saturated heterocycles. The number of amides is 1. The van der Waals surface area contributed by atoms with Crippen LogP contribution in [0.3, 0.4) is 0 Å². The van der Waals surface area contributed by atoms with Crippen LogP contribution in [0.15, 0.2) is 60.7 Å². The smallest absolute Gasteiger partial charge is 0.224 e. The van der Waals surface area contributed by atoms with Crippen molar-refractivity contribution in [3.05, 3.63) is 66.2 Å². The van der Waals surface area contributed by atoms with Gasteiger partial charge in [-0.05, 0) is 72.8 Å². The molecule has 1 aliphatic rings. The van der Waals surface area contributed by atoms with Gasteiger partial charge in [0.25, 0.3) is 0 Å². The largest absolute Gasteiger partial charge is 0.497 e. The van der Waals surface area contributed by atoms with Crippen molar-refractivity contribution in [3.8, 4) is 11.5 Å². The lowest BCUT2D eigenvalue weighted by atomic mass is 9.91. The minimum Gasteiger partial charge on any atom is -0.497 e. The number of nitrogens with one attached hydrogen (secondary N) is 1. The third-order valence-electron chi connectivity index (χ3n) is 6.39. The Labute approximate surface area is 190 Å². The average Bonchev–Trinajstić information content (AvgIpc) is 2.84. The summed E-state index contributed by atoms with van der Waals surface area (Å²) in [4.78, 5) is 15.0. The number of ether oxygens (including phenoxy) is 2. The zero-order chi connectivity index (χ0) is 22.3. The molecule has 1 N–H and O–H groups in total. The number of hydrogen-bond acceptors (Lipinski definition) is 4. The van der Waals surface area contributed by atoms with E-state index in [1.165, 1.54) is 16.3 Å². The van der Waals surface area contributed by atoms with Crippen LogP contribution >= 0.6 is 0 Å². The van der Waals surface area contributed by atoms with Gasteiger partial charge in [-0.25, -0.2) is 0 Å². The molecule has 5 nitrogen and oxygen atoms in total. The molecule has 0 unspecified atom stereocenters. The minimum atomic E-state index is 0.0343. The summed E-state index contributed by atoms with van der Waals surface area (Å²) in [5.41, 5.74) is 2.05. The summed E-state index contributed by atoms with van der Waals surface area (Å²) in [6.07, 6.45) is 3.75. The lowest BCUT2D eigenvalue weighted by Crippen LogP contribution is -2.33. The first-order valence-electron chi connectivity index (χ1n) is 11.4. The molecule has 32 heavy (non-hydrogen) atoms. The molecule has 5 heteroatoms. The topological polar surface area (TPSA) is 50.8 Å². The molecule has 0 bridgehead atoms. The lowest BCUT2D eigenvalue weighted by molar-refractivity contribution is -0.116. The summed E-state index contributed by atoms with van der Waals surface area (Å²) in [5.74, 6) is 1.95. The van der Waals surface area contributed by atoms with Gasteiger partial charge in [0, 0.05) is 19.0 Å². The standard InChI is InChI=1S/C27H32N2O3/c1-31-24-10-11-25(26(18-24)32-2)28-27(30)12-8-20-13-15-29(16-14-20)19-21-7-9-22-5-3-4-6-23(22)17-21/h3-7,9-11,17-18,20H,8,12-16,19H2,1-2H3,(H,28,30). The third kappa shape index (κ3) is 5.60. The first-order chi connectivity index (χ1) is 15.6. The summed E-state index contributed by atoms with van der Waals surface area (Å²) >= 11 is 0. The van der Waals surface area contributed by atoms with Gasteiger partial charge in [-0.3, -0.25) is 9.69 Å². The van der Waals surface area contributed by atoms with Crippen molar-refractivity contribution in [2.45, 2.75) is 32.2 Å². The van der Waals surface area contributed by atoms with Gasteiger partial charge in [0.2, 0.25) is 5.91 Å². The second-order valence-corrected chi connectivity index (χ2v) is 8.55. The minimum absolute atomic E-state index is 0.0343. The number of carbonyl (C=O) groups excluding carboxylic acids is 1. The van der Waals surface area contributed by atoms with Crippen molar-refractivity contribution in [2.75, 3.05) is 32.6 Å². The van der Waals surface area contributed by atoms with E-state index < -0.39 is 0 Å². The fourth-order valence-electron chi connectivity index (χ4n) is 4.48. The molecular formula is C27H32N2O3. The molecule has 0 aromatic heterocycles. The van der Waals surface area contributed by atoms with E-state index in [1.54, 1.807) is 20.3 Å². The van der Waals surface area contributed by atoms with Crippen LogP contribution < -0.4 is 14.8 Å². The predicted molar refractivity (Wildman–Crippen MR) is 129 cm³/mol. The SMILES string of the molecule is COc1ccc(NC(=O)CCC2CCN(Cc3ccc4ccccc4c3)CC2)c(OC)c1. The zero-order valence-electron chi connectivity index (χ0n) is 19.0. The van der Waals surface area contributed by atoms with E-state index in [1.807, 2.05) is 12.1 Å². The van der Waals surface area contributed by atoms with E-state index in [4.69, 9.17) is 9.47 Å². The van der Waals surface area contributed by atoms with Crippen molar-refractivity contribution in [1.82, 2.24) is 4.90 Å². The monoisotopic (exact) mass is 432 g/mol. The second kappa shape index (κ2) is 10.5. The number of rotatable bonds is 8. The van der Waals surface area contributed by atoms with Crippen LogP contribution in [0.1, 0.15) is 31.2 Å². The summed E-state index contributed by atoms with van der Waals surface area (Å²) in [7, 11) is 3.20. The van der Waals surface area contributed by atoms with E-state index in [9.17, 15) is 4.79 Å². The number of methoxy groups -OCH3 is 2. The molecule has 1 heterocycles. The van der Waals surface area contributed by atoms with Gasteiger partial charge in [-0.2, -0.15) is 0 Å². The van der Waals surface area contributed by atoms with Crippen LogP contribution in [0.25, 0.3) is 10.8 Å². The molecule has 0 spiro atoms. The molecule has 0 atom stereocenters. The number of benzene rings is 3. The van der Waals surface area contributed by atoms with Crippen LogP contribution in [0.5, 0.6) is 11.5 Å². The molecular weight excluding hydrogens is 400 g/mol. The van der Waals surface area contributed by atoms with Crippen LogP contribution in [0.4, 0.5) is 5.69 Å². The van der Waals surface area contributed by atoms with Gasteiger partial charge in [-0.1, -0.05) is 36.4 Å². The van der Waals surface area contributed by atoms with Gasteiger partial charge >= 0.3 is 0 Å².